The number of benzene rings is 1. The van der Waals surface area contributed by atoms with Gasteiger partial charge in [-0.05, 0) is 17.7 Å². The molecule has 1 aromatic heterocycles. The first-order valence-corrected chi connectivity index (χ1v) is 5.62. The molecule has 2 rings (SSSR count). The van der Waals surface area contributed by atoms with Crippen LogP contribution in [-0.2, 0) is 6.54 Å². The van der Waals surface area contributed by atoms with Gasteiger partial charge in [-0.15, -0.1) is 0 Å². The van der Waals surface area contributed by atoms with Crippen LogP contribution in [0.2, 0.25) is 0 Å². The lowest BCUT2D eigenvalue weighted by molar-refractivity contribution is 0.625. The molecule has 96 valence electrons. The van der Waals surface area contributed by atoms with Crippen LogP contribution >= 0.6 is 0 Å². The minimum atomic E-state index is -0.263. The third-order valence-corrected chi connectivity index (χ3v) is 2.54. The van der Waals surface area contributed by atoms with Gasteiger partial charge < -0.3 is 4.90 Å². The first-order valence-electron chi connectivity index (χ1n) is 5.62. The van der Waals surface area contributed by atoms with Crippen LogP contribution in [0, 0.1) is 17.3 Å². The lowest BCUT2D eigenvalue weighted by atomic mass is 10.2. The first-order chi connectivity index (χ1) is 9.19. The Morgan fingerprint density at radius 1 is 1.37 bits per heavy atom. The highest BCUT2D eigenvalue weighted by Crippen LogP contribution is 2.15. The number of nitriles is 1. The summed E-state index contributed by atoms with van der Waals surface area (Å²) in [6.07, 6.45) is 3.17. The fourth-order valence-corrected chi connectivity index (χ4v) is 1.67. The van der Waals surface area contributed by atoms with Crippen molar-refractivity contribution in [3.63, 3.8) is 0 Å². The molecule has 0 radical (unpaired) electrons. The zero-order valence-corrected chi connectivity index (χ0v) is 10.3. The molecule has 0 fully saturated rings. The number of nitrogens with zero attached hydrogens (tertiary/aromatic N) is 4. The number of nitrogens with one attached hydrogen (secondary N) is 1. The summed E-state index contributed by atoms with van der Waals surface area (Å²) in [5, 5.41) is 11.0. The van der Waals surface area contributed by atoms with Crippen LogP contribution in [0.15, 0.2) is 36.7 Å². The molecule has 1 aromatic carbocycles. The number of hydrogen-bond acceptors (Lipinski definition) is 5. The molecule has 1 heterocycles. The van der Waals surface area contributed by atoms with E-state index in [9.17, 15) is 4.39 Å². The molecule has 0 spiro atoms. The molecule has 1 N–H and O–H groups in total. The van der Waals surface area contributed by atoms with Crippen LogP contribution < -0.4 is 10.2 Å². The Hall–Kier alpha value is -2.68. The van der Waals surface area contributed by atoms with Crippen molar-refractivity contribution in [3.8, 4) is 6.19 Å². The van der Waals surface area contributed by atoms with Crippen molar-refractivity contribution in [2.24, 2.45) is 0 Å². The van der Waals surface area contributed by atoms with E-state index in [1.807, 2.05) is 18.0 Å². The number of anilines is 2. The van der Waals surface area contributed by atoms with Gasteiger partial charge in [0.05, 0.1) is 0 Å². The average molecular weight is 257 g/mol. The van der Waals surface area contributed by atoms with E-state index in [4.69, 9.17) is 5.26 Å². The highest BCUT2D eigenvalue weighted by molar-refractivity contribution is 5.49. The van der Waals surface area contributed by atoms with Crippen LogP contribution in [0.5, 0.6) is 0 Å². The molecule has 0 aliphatic carbocycles. The lowest BCUT2D eigenvalue weighted by Crippen LogP contribution is -2.18. The van der Waals surface area contributed by atoms with Gasteiger partial charge >= 0.3 is 0 Å². The minimum Gasteiger partial charge on any atom is -0.355 e. The van der Waals surface area contributed by atoms with E-state index in [0.717, 1.165) is 5.56 Å². The second kappa shape index (κ2) is 5.78. The van der Waals surface area contributed by atoms with Gasteiger partial charge in [0, 0.05) is 19.7 Å². The number of hydrogen-bond donors (Lipinski definition) is 1. The van der Waals surface area contributed by atoms with Crippen LogP contribution in [0.25, 0.3) is 0 Å². The van der Waals surface area contributed by atoms with E-state index in [0.29, 0.717) is 18.2 Å². The minimum absolute atomic E-state index is 0.263. The monoisotopic (exact) mass is 257 g/mol. The van der Waals surface area contributed by atoms with Gasteiger partial charge in [-0.25, -0.2) is 14.4 Å². The van der Waals surface area contributed by atoms with Gasteiger partial charge in [0.25, 0.3) is 0 Å². The van der Waals surface area contributed by atoms with E-state index in [-0.39, 0.29) is 5.82 Å². The topological polar surface area (TPSA) is 64.8 Å². The van der Waals surface area contributed by atoms with Crippen molar-refractivity contribution < 1.29 is 4.39 Å². The maximum absolute atomic E-state index is 13.1. The largest absolute Gasteiger partial charge is 0.355 e. The second-order valence-electron chi connectivity index (χ2n) is 3.98. The summed E-state index contributed by atoms with van der Waals surface area (Å²) in [6, 6.07) is 8.05. The number of aromatic nitrogens is 2. The Bertz CT molecular complexity index is 608. The maximum Gasteiger partial charge on any atom is 0.182 e. The molecule has 0 bridgehead atoms. The average Bonchev–Trinajstić information content (AvgIpc) is 2.39. The summed E-state index contributed by atoms with van der Waals surface area (Å²) in [5.41, 5.74) is 0.843. The van der Waals surface area contributed by atoms with Gasteiger partial charge in [0.2, 0.25) is 0 Å². The SMILES string of the molecule is CN(Cc1cccc(F)c1)c1cc(NC#N)ncn1. The zero-order chi connectivity index (χ0) is 13.7. The van der Waals surface area contributed by atoms with E-state index in [1.54, 1.807) is 18.3 Å². The van der Waals surface area contributed by atoms with Crippen molar-refractivity contribution in [3.05, 3.63) is 48.0 Å². The van der Waals surface area contributed by atoms with Crippen molar-refractivity contribution in [2.45, 2.75) is 6.54 Å². The molecule has 5 nitrogen and oxygen atoms in total. The molecule has 2 aromatic rings. The Labute approximate surface area is 110 Å². The molecular weight excluding hydrogens is 245 g/mol. The quantitative estimate of drug-likeness (QED) is 0.671. The molecule has 6 heteroatoms. The van der Waals surface area contributed by atoms with Crippen molar-refractivity contribution >= 4 is 11.6 Å². The third kappa shape index (κ3) is 3.39. The highest BCUT2D eigenvalue weighted by atomic mass is 19.1. The highest BCUT2D eigenvalue weighted by Gasteiger charge is 2.06. The molecule has 19 heavy (non-hydrogen) atoms. The van der Waals surface area contributed by atoms with Gasteiger partial charge in [-0.3, -0.25) is 5.32 Å². The van der Waals surface area contributed by atoms with E-state index in [2.05, 4.69) is 15.3 Å². The van der Waals surface area contributed by atoms with Crippen LogP contribution in [0.4, 0.5) is 16.0 Å². The summed E-state index contributed by atoms with van der Waals surface area (Å²) in [7, 11) is 1.84. The third-order valence-electron chi connectivity index (χ3n) is 2.54. The normalized spacial score (nSPS) is 9.74. The van der Waals surface area contributed by atoms with E-state index < -0.39 is 0 Å². The van der Waals surface area contributed by atoms with Gasteiger partial charge in [-0.1, -0.05) is 12.1 Å². The summed E-state index contributed by atoms with van der Waals surface area (Å²) in [4.78, 5) is 9.86. The molecule has 0 aliphatic rings. The van der Waals surface area contributed by atoms with Gasteiger partial charge in [0.15, 0.2) is 6.19 Å². The second-order valence-corrected chi connectivity index (χ2v) is 3.98. The zero-order valence-electron chi connectivity index (χ0n) is 10.3. The molecule has 0 unspecified atom stereocenters. The smallest absolute Gasteiger partial charge is 0.182 e. The van der Waals surface area contributed by atoms with E-state index in [1.165, 1.54) is 18.5 Å². The Kier molecular flexibility index (Phi) is 3.88. The summed E-state index contributed by atoms with van der Waals surface area (Å²) >= 11 is 0. The van der Waals surface area contributed by atoms with Crippen LogP contribution in [0.3, 0.4) is 0 Å². The predicted molar refractivity (Wildman–Crippen MR) is 69.8 cm³/mol. The van der Waals surface area contributed by atoms with E-state index >= 15 is 0 Å². The van der Waals surface area contributed by atoms with Crippen molar-refractivity contribution in [1.29, 1.82) is 5.26 Å². The molecule has 0 atom stereocenters. The van der Waals surface area contributed by atoms with Crippen LogP contribution in [0.1, 0.15) is 5.56 Å². The first kappa shape index (κ1) is 12.8. The number of rotatable bonds is 4. The van der Waals surface area contributed by atoms with Crippen LogP contribution in [-0.4, -0.2) is 17.0 Å². The summed E-state index contributed by atoms with van der Waals surface area (Å²) in [5.74, 6) is 0.816. The fraction of sp³-hybridized carbons (Fsp3) is 0.154. The Morgan fingerprint density at radius 3 is 2.95 bits per heavy atom. The summed E-state index contributed by atoms with van der Waals surface area (Å²) in [6.45, 7) is 0.515. The standard InChI is InChI=1S/C13H12FN5/c1-19(7-10-3-2-4-11(14)5-10)13-6-12(16-8-15)17-9-18-13/h2-6,9H,7H2,1H3,(H,16,17,18). The molecule has 0 aliphatic heterocycles. The van der Waals surface area contributed by atoms with Gasteiger partial charge in [0.1, 0.15) is 23.8 Å². The Balaban J connectivity index is 2.13. The fourth-order valence-electron chi connectivity index (χ4n) is 1.67. The molecular formula is C13H12FN5. The molecule has 0 saturated carbocycles. The van der Waals surface area contributed by atoms with Crippen molar-refractivity contribution in [2.75, 3.05) is 17.3 Å². The Morgan fingerprint density at radius 2 is 2.21 bits per heavy atom. The summed E-state index contributed by atoms with van der Waals surface area (Å²) < 4.78 is 13.1. The maximum atomic E-state index is 13.1. The molecule has 0 saturated heterocycles. The number of halogens is 1. The predicted octanol–water partition coefficient (Wildman–Crippen LogP) is 2.15. The van der Waals surface area contributed by atoms with Gasteiger partial charge in [-0.2, -0.15) is 5.26 Å². The molecule has 0 amide bonds. The van der Waals surface area contributed by atoms with Crippen molar-refractivity contribution in [1.82, 2.24) is 9.97 Å². The lowest BCUT2D eigenvalue weighted by Gasteiger charge is -2.18.